The summed E-state index contributed by atoms with van der Waals surface area (Å²) in [6.07, 6.45) is -3.89. The largest absolute Gasteiger partial charge is 0.508 e. The van der Waals surface area contributed by atoms with E-state index in [9.17, 15) is 22.4 Å². The summed E-state index contributed by atoms with van der Waals surface area (Å²) in [5.74, 6) is -5.66. The van der Waals surface area contributed by atoms with Crippen molar-refractivity contribution < 1.29 is 32.2 Å². The zero-order chi connectivity index (χ0) is 13.1. The van der Waals surface area contributed by atoms with Crippen LogP contribution in [0, 0.1) is 0 Å². The number of aromatic hydroxyl groups is 1. The van der Waals surface area contributed by atoms with E-state index in [1.165, 1.54) is 0 Å². The molecule has 94 valence electrons. The van der Waals surface area contributed by atoms with Crippen molar-refractivity contribution in [2.24, 2.45) is 0 Å². The number of carbonyl (C=O) groups excluding carboxylic acids is 1. The maximum Gasteiger partial charge on any atom is 0.340 e. The average Bonchev–Trinajstić information content (AvgIpc) is 2.27. The summed E-state index contributed by atoms with van der Waals surface area (Å²) in [4.78, 5) is 11.1. The van der Waals surface area contributed by atoms with Crippen molar-refractivity contribution in [3.63, 3.8) is 0 Å². The van der Waals surface area contributed by atoms with Crippen LogP contribution >= 0.6 is 0 Å². The van der Waals surface area contributed by atoms with Gasteiger partial charge in [-0.15, -0.1) is 0 Å². The molecule has 0 aliphatic heterocycles. The van der Waals surface area contributed by atoms with E-state index in [1.54, 1.807) is 0 Å². The van der Waals surface area contributed by atoms with Crippen LogP contribution in [0.3, 0.4) is 0 Å². The first-order valence-corrected chi connectivity index (χ1v) is 4.45. The predicted octanol–water partition coefficient (Wildman–Crippen LogP) is 2.45. The molecule has 1 N–H and O–H groups in total. The Morgan fingerprint density at radius 1 is 1.29 bits per heavy atom. The third-order valence-electron chi connectivity index (χ3n) is 1.82. The van der Waals surface area contributed by atoms with Crippen LogP contribution in [-0.2, 0) is 4.74 Å². The highest BCUT2D eigenvalue weighted by Gasteiger charge is 2.42. The van der Waals surface area contributed by atoms with Crippen LogP contribution in [0.5, 0.6) is 5.75 Å². The van der Waals surface area contributed by atoms with Crippen molar-refractivity contribution in [2.75, 3.05) is 6.61 Å². The molecule has 1 aromatic rings. The molecular formula is C10H8F4O3. The topological polar surface area (TPSA) is 46.5 Å². The number of hydrogen-bond donors (Lipinski definition) is 1. The van der Waals surface area contributed by atoms with Gasteiger partial charge in [-0.1, -0.05) is 0 Å². The van der Waals surface area contributed by atoms with E-state index in [1.807, 2.05) is 0 Å². The van der Waals surface area contributed by atoms with E-state index >= 15 is 0 Å². The van der Waals surface area contributed by atoms with Gasteiger partial charge in [0.25, 0.3) is 0 Å². The Labute approximate surface area is 93.6 Å². The molecule has 0 saturated carbocycles. The number of rotatable bonds is 4. The van der Waals surface area contributed by atoms with Crippen molar-refractivity contribution >= 4 is 5.97 Å². The highest BCUT2D eigenvalue weighted by molar-refractivity contribution is 5.89. The van der Waals surface area contributed by atoms with E-state index in [2.05, 4.69) is 4.74 Å². The molecular weight excluding hydrogens is 244 g/mol. The summed E-state index contributed by atoms with van der Waals surface area (Å²) in [5, 5.41) is 8.90. The molecule has 0 fully saturated rings. The lowest BCUT2D eigenvalue weighted by Gasteiger charge is -2.14. The van der Waals surface area contributed by atoms with Gasteiger partial charge in [-0.05, 0) is 24.3 Å². The van der Waals surface area contributed by atoms with Crippen molar-refractivity contribution in [3.05, 3.63) is 29.8 Å². The lowest BCUT2D eigenvalue weighted by atomic mass is 10.2. The summed E-state index contributed by atoms with van der Waals surface area (Å²) in [6.45, 7) is -1.69. The smallest absolute Gasteiger partial charge is 0.340 e. The van der Waals surface area contributed by atoms with E-state index in [0.717, 1.165) is 24.3 Å². The normalized spacial score (nSPS) is 11.6. The van der Waals surface area contributed by atoms with Crippen LogP contribution < -0.4 is 0 Å². The number of halogens is 4. The molecule has 17 heavy (non-hydrogen) atoms. The molecule has 1 aromatic carbocycles. The number of phenols is 1. The molecule has 0 aromatic heterocycles. The number of alkyl halides is 4. The van der Waals surface area contributed by atoms with Gasteiger partial charge in [-0.2, -0.15) is 8.78 Å². The van der Waals surface area contributed by atoms with Crippen LogP contribution in [0.25, 0.3) is 0 Å². The number of benzene rings is 1. The van der Waals surface area contributed by atoms with Crippen molar-refractivity contribution in [2.45, 2.75) is 12.3 Å². The van der Waals surface area contributed by atoms with Gasteiger partial charge in [0.1, 0.15) is 5.75 Å². The number of carbonyl (C=O) groups is 1. The summed E-state index contributed by atoms with van der Waals surface area (Å²) >= 11 is 0. The molecule has 0 heterocycles. The average molecular weight is 252 g/mol. The third-order valence-corrected chi connectivity index (χ3v) is 1.82. The molecule has 3 nitrogen and oxygen atoms in total. The second kappa shape index (κ2) is 5.03. The quantitative estimate of drug-likeness (QED) is 0.661. The maximum absolute atomic E-state index is 12.4. The van der Waals surface area contributed by atoms with Crippen LogP contribution in [0.4, 0.5) is 17.6 Å². The Bertz CT molecular complexity index is 389. The van der Waals surface area contributed by atoms with Gasteiger partial charge in [0, 0.05) is 0 Å². The van der Waals surface area contributed by atoms with E-state index < -0.39 is 24.9 Å². The summed E-state index contributed by atoms with van der Waals surface area (Å²) in [5.41, 5.74) is -0.118. The maximum atomic E-state index is 12.4. The molecule has 0 radical (unpaired) electrons. The molecule has 0 bridgehead atoms. The summed E-state index contributed by atoms with van der Waals surface area (Å²) in [7, 11) is 0. The molecule has 0 atom stereocenters. The Hall–Kier alpha value is -1.79. The first-order valence-electron chi connectivity index (χ1n) is 4.45. The predicted molar refractivity (Wildman–Crippen MR) is 49.3 cm³/mol. The Morgan fingerprint density at radius 2 is 1.82 bits per heavy atom. The lowest BCUT2D eigenvalue weighted by molar-refractivity contribution is -0.155. The molecule has 1 rings (SSSR count). The van der Waals surface area contributed by atoms with Crippen LogP contribution in [0.1, 0.15) is 10.4 Å². The van der Waals surface area contributed by atoms with Crippen LogP contribution in [-0.4, -0.2) is 30.0 Å². The first-order chi connectivity index (χ1) is 7.83. The molecule has 7 heteroatoms. The Morgan fingerprint density at radius 3 is 2.29 bits per heavy atom. The second-order valence-electron chi connectivity index (χ2n) is 3.18. The highest BCUT2D eigenvalue weighted by Crippen LogP contribution is 2.23. The van der Waals surface area contributed by atoms with Gasteiger partial charge in [0.2, 0.25) is 0 Å². The van der Waals surface area contributed by atoms with Crippen molar-refractivity contribution in [3.8, 4) is 5.75 Å². The minimum absolute atomic E-state index is 0.118. The number of hydrogen-bond acceptors (Lipinski definition) is 3. The number of esters is 1. The highest BCUT2D eigenvalue weighted by atomic mass is 19.3. The third kappa shape index (κ3) is 3.61. The number of phenolic OH excluding ortho intramolecular Hbond substituents is 1. The molecule has 0 spiro atoms. The molecule has 0 saturated heterocycles. The standard InChI is InChI=1S/C10H8F4O3/c11-9(12)10(13,14)5-17-8(16)6-1-3-7(15)4-2-6/h1-4,9,15H,5H2. The van der Waals surface area contributed by atoms with E-state index in [-0.39, 0.29) is 11.3 Å². The van der Waals surface area contributed by atoms with Crippen LogP contribution in [0.15, 0.2) is 24.3 Å². The molecule has 0 amide bonds. The van der Waals surface area contributed by atoms with Crippen molar-refractivity contribution in [1.29, 1.82) is 0 Å². The monoisotopic (exact) mass is 252 g/mol. The zero-order valence-corrected chi connectivity index (χ0v) is 8.37. The summed E-state index contributed by atoms with van der Waals surface area (Å²) in [6, 6.07) is 4.53. The van der Waals surface area contributed by atoms with Gasteiger partial charge < -0.3 is 9.84 Å². The second-order valence-corrected chi connectivity index (χ2v) is 3.18. The number of ether oxygens (including phenoxy) is 1. The van der Waals surface area contributed by atoms with Gasteiger partial charge >= 0.3 is 18.3 Å². The van der Waals surface area contributed by atoms with Gasteiger partial charge in [-0.25, -0.2) is 13.6 Å². The Kier molecular flexibility index (Phi) is 3.93. The SMILES string of the molecule is O=C(OCC(F)(F)C(F)F)c1ccc(O)cc1. The van der Waals surface area contributed by atoms with Gasteiger partial charge in [-0.3, -0.25) is 0 Å². The lowest BCUT2D eigenvalue weighted by Crippen LogP contribution is -2.33. The van der Waals surface area contributed by atoms with E-state index in [0.29, 0.717) is 0 Å². The van der Waals surface area contributed by atoms with E-state index in [4.69, 9.17) is 5.11 Å². The minimum atomic E-state index is -4.37. The Balaban J connectivity index is 2.59. The fraction of sp³-hybridized carbons (Fsp3) is 0.300. The molecule has 0 aliphatic rings. The van der Waals surface area contributed by atoms with Gasteiger partial charge in [0.15, 0.2) is 6.61 Å². The first kappa shape index (κ1) is 13.3. The zero-order valence-electron chi connectivity index (χ0n) is 8.37. The van der Waals surface area contributed by atoms with Crippen molar-refractivity contribution in [1.82, 2.24) is 0 Å². The van der Waals surface area contributed by atoms with Crippen LogP contribution in [0.2, 0.25) is 0 Å². The van der Waals surface area contributed by atoms with Gasteiger partial charge in [0.05, 0.1) is 5.56 Å². The molecule has 0 aliphatic carbocycles. The fourth-order valence-electron chi connectivity index (χ4n) is 0.906. The molecule has 0 unspecified atom stereocenters. The summed E-state index contributed by atoms with van der Waals surface area (Å²) < 4.78 is 52.4. The minimum Gasteiger partial charge on any atom is -0.508 e. The fourth-order valence-corrected chi connectivity index (χ4v) is 0.906.